The van der Waals surface area contributed by atoms with Crippen LogP contribution in [-0.2, 0) is 22.5 Å². The Morgan fingerprint density at radius 1 is 1.06 bits per heavy atom. The number of aldehydes is 1. The van der Waals surface area contributed by atoms with Crippen LogP contribution in [0.2, 0.25) is 0 Å². The number of rotatable bonds is 9. The first kappa shape index (κ1) is 35.3. The number of hydrogen-bond donors (Lipinski definition) is 0. The monoisotopic (exact) mass is 732 g/mol. The van der Waals surface area contributed by atoms with E-state index in [1.807, 2.05) is 49.3 Å². The number of carbonyl (C=O) groups is 4. The van der Waals surface area contributed by atoms with E-state index in [0.717, 1.165) is 5.56 Å². The SMILES string of the molecule is C=CCOc1c2c(c(OC(=O)OC(C)(C)C)c3cc(C=O)ccc13)C(=O)C1=C3OC[C@]34C(=O)c3c(OCc5ccccc5)noc3[C@@H](N(C)C)[C@@H]4CC1C2. The largest absolute Gasteiger partial charge is 0.514 e. The maximum Gasteiger partial charge on any atom is 0.514 e. The molecule has 4 aliphatic rings. The second-order valence-corrected chi connectivity index (χ2v) is 15.4. The molecule has 12 nitrogen and oxygen atoms in total. The molecule has 0 N–H and O–H groups in total. The number of ketones is 2. The van der Waals surface area contributed by atoms with Crippen LogP contribution in [0.15, 0.2) is 77.0 Å². The zero-order chi connectivity index (χ0) is 38.1. The summed E-state index contributed by atoms with van der Waals surface area (Å²) in [6.07, 6.45) is 1.99. The molecule has 0 amide bonds. The molecule has 1 unspecified atom stereocenters. The van der Waals surface area contributed by atoms with Gasteiger partial charge in [-0.15, -0.1) is 0 Å². The zero-order valence-electron chi connectivity index (χ0n) is 30.7. The molecular formula is C42H40N2O10. The lowest BCUT2D eigenvalue weighted by Gasteiger charge is -2.57. The Morgan fingerprint density at radius 2 is 1.83 bits per heavy atom. The first-order valence-electron chi connectivity index (χ1n) is 17.9. The summed E-state index contributed by atoms with van der Waals surface area (Å²) in [7, 11) is 3.85. The highest BCUT2D eigenvalue weighted by molar-refractivity contribution is 6.19. The number of Topliss-reactive ketones (excluding diaryl/α,β-unsaturated/α-hetero) is 2. The molecule has 3 aromatic carbocycles. The Balaban J connectivity index is 1.30. The van der Waals surface area contributed by atoms with E-state index in [-0.39, 0.29) is 60.2 Å². The topological polar surface area (TPSA) is 144 Å². The van der Waals surface area contributed by atoms with Gasteiger partial charge >= 0.3 is 6.16 Å². The van der Waals surface area contributed by atoms with E-state index in [4.69, 9.17) is 28.2 Å². The van der Waals surface area contributed by atoms with Crippen molar-refractivity contribution in [2.24, 2.45) is 17.3 Å². The number of hydrogen-bond acceptors (Lipinski definition) is 12. The van der Waals surface area contributed by atoms with E-state index in [0.29, 0.717) is 63.9 Å². The number of ether oxygens (including phenoxy) is 5. The Bertz CT molecular complexity index is 2280. The number of aromatic nitrogens is 1. The van der Waals surface area contributed by atoms with Gasteiger partial charge < -0.3 is 28.2 Å². The number of nitrogens with zero attached hydrogens (tertiary/aromatic N) is 2. The lowest BCUT2D eigenvalue weighted by molar-refractivity contribution is -0.0964. The van der Waals surface area contributed by atoms with E-state index in [1.165, 1.54) is 0 Å². The van der Waals surface area contributed by atoms with Crippen LogP contribution in [-0.4, -0.2) is 67.0 Å². The van der Waals surface area contributed by atoms with Crippen LogP contribution in [0.1, 0.15) is 81.2 Å². The van der Waals surface area contributed by atoms with E-state index in [1.54, 1.807) is 45.0 Å². The zero-order valence-corrected chi connectivity index (χ0v) is 30.7. The Labute approximate surface area is 311 Å². The standard InChI is InChI=1S/C42H40N2O10/c1-7-15-49-34-25-14-13-23(19-45)16-26(25)35(52-40(48)53-41(2,3)4)30-27(34)17-24-18-28-32(44(5)6)36-31(37(47)42(28)21-51-38(42)29(24)33(30)46)39(43-54-36)50-20-22-11-9-8-10-12-22/h7-14,16,19,24,28,32H,1,15,17-18,20-21H2,2-6H3/t24?,28-,32-,42-/m0/s1. The van der Waals surface area contributed by atoms with Gasteiger partial charge in [0.25, 0.3) is 5.88 Å². The van der Waals surface area contributed by atoms with Gasteiger partial charge in [0.15, 0.2) is 23.1 Å². The normalized spacial score (nSPS) is 22.5. The molecule has 0 radical (unpaired) electrons. The van der Waals surface area contributed by atoms with Crippen molar-refractivity contribution in [1.29, 1.82) is 0 Å². The van der Waals surface area contributed by atoms with Crippen LogP contribution in [0, 0.1) is 17.3 Å². The van der Waals surface area contributed by atoms with E-state index in [2.05, 4.69) is 11.7 Å². The van der Waals surface area contributed by atoms with Crippen LogP contribution in [0.5, 0.6) is 17.4 Å². The van der Waals surface area contributed by atoms with Gasteiger partial charge in [0.05, 0.1) is 11.6 Å². The molecule has 4 aromatic rings. The molecule has 4 atom stereocenters. The summed E-state index contributed by atoms with van der Waals surface area (Å²) < 4.78 is 36.0. The van der Waals surface area contributed by atoms with Crippen molar-refractivity contribution in [3.8, 4) is 17.4 Å². The summed E-state index contributed by atoms with van der Waals surface area (Å²) in [5.74, 6) is -0.290. The maximum absolute atomic E-state index is 15.2. The smallest absolute Gasteiger partial charge is 0.495 e. The van der Waals surface area contributed by atoms with E-state index < -0.39 is 29.0 Å². The van der Waals surface area contributed by atoms with Crippen LogP contribution >= 0.6 is 0 Å². The Hall–Kier alpha value is -5.75. The summed E-state index contributed by atoms with van der Waals surface area (Å²) in [6, 6.07) is 14.0. The number of carbonyl (C=O) groups excluding carboxylic acids is 4. The highest BCUT2D eigenvalue weighted by Gasteiger charge is 2.69. The lowest BCUT2D eigenvalue weighted by atomic mass is 9.51. The minimum Gasteiger partial charge on any atom is -0.495 e. The first-order valence-corrected chi connectivity index (χ1v) is 17.9. The molecule has 1 aromatic heterocycles. The van der Waals surface area contributed by atoms with Crippen molar-refractivity contribution in [2.75, 3.05) is 27.3 Å². The summed E-state index contributed by atoms with van der Waals surface area (Å²) in [4.78, 5) is 57.4. The molecular weight excluding hydrogens is 692 g/mol. The quantitative estimate of drug-likeness (QED) is 0.0740. The van der Waals surface area contributed by atoms with Crippen molar-refractivity contribution in [3.05, 3.63) is 106 Å². The summed E-state index contributed by atoms with van der Waals surface area (Å²) in [5.41, 5.74) is 0.321. The van der Waals surface area contributed by atoms with E-state index >= 15 is 4.79 Å². The van der Waals surface area contributed by atoms with Crippen LogP contribution in [0.3, 0.4) is 0 Å². The van der Waals surface area contributed by atoms with Crippen LogP contribution in [0.4, 0.5) is 4.79 Å². The summed E-state index contributed by atoms with van der Waals surface area (Å²) >= 11 is 0. The number of fused-ring (bicyclic) bond motifs is 4. The Kier molecular flexibility index (Phi) is 8.48. The predicted molar refractivity (Wildman–Crippen MR) is 195 cm³/mol. The van der Waals surface area contributed by atoms with Gasteiger partial charge in [0, 0.05) is 33.4 Å². The van der Waals surface area contributed by atoms with Gasteiger partial charge in [-0.2, -0.15) is 0 Å². The van der Waals surface area contributed by atoms with Crippen molar-refractivity contribution in [1.82, 2.24) is 10.1 Å². The number of allylic oxidation sites excluding steroid dienone is 1. The fraction of sp³-hybridized carbons (Fsp3) is 0.357. The molecule has 278 valence electrons. The maximum atomic E-state index is 15.2. The van der Waals surface area contributed by atoms with Gasteiger partial charge in [-0.25, -0.2) is 4.79 Å². The average Bonchev–Trinajstić information content (AvgIpc) is 3.54. The third-order valence-corrected chi connectivity index (χ3v) is 10.7. The third-order valence-electron chi connectivity index (χ3n) is 10.7. The van der Waals surface area contributed by atoms with Crippen molar-refractivity contribution >= 4 is 34.8 Å². The molecule has 0 saturated carbocycles. The van der Waals surface area contributed by atoms with Crippen LogP contribution < -0.4 is 14.2 Å². The van der Waals surface area contributed by atoms with Gasteiger partial charge in [0.2, 0.25) is 0 Å². The fourth-order valence-electron chi connectivity index (χ4n) is 8.59. The highest BCUT2D eigenvalue weighted by atomic mass is 16.7. The molecule has 12 heteroatoms. The highest BCUT2D eigenvalue weighted by Crippen LogP contribution is 2.65. The molecule has 3 aliphatic carbocycles. The van der Waals surface area contributed by atoms with Crippen molar-refractivity contribution in [2.45, 2.75) is 51.9 Å². The van der Waals surface area contributed by atoms with Gasteiger partial charge in [-0.1, -0.05) is 49.1 Å². The first-order chi connectivity index (χ1) is 25.9. The van der Waals surface area contributed by atoms with Gasteiger partial charge in [-0.3, -0.25) is 19.3 Å². The van der Waals surface area contributed by atoms with Crippen molar-refractivity contribution < 1.29 is 47.4 Å². The van der Waals surface area contributed by atoms with Gasteiger partial charge in [0.1, 0.15) is 54.2 Å². The molecule has 1 fully saturated rings. The fourth-order valence-corrected chi connectivity index (χ4v) is 8.59. The third kappa shape index (κ3) is 5.41. The van der Waals surface area contributed by atoms with Crippen LogP contribution in [0.25, 0.3) is 10.8 Å². The number of benzene rings is 3. The second-order valence-electron chi connectivity index (χ2n) is 15.4. The minimum absolute atomic E-state index is 0.0602. The molecule has 1 saturated heterocycles. The van der Waals surface area contributed by atoms with Crippen molar-refractivity contribution in [3.63, 3.8) is 0 Å². The molecule has 1 aliphatic heterocycles. The molecule has 2 heterocycles. The Morgan fingerprint density at radius 3 is 2.50 bits per heavy atom. The lowest BCUT2D eigenvalue weighted by Crippen LogP contribution is -2.61. The summed E-state index contributed by atoms with van der Waals surface area (Å²) in [5, 5.41) is 5.10. The van der Waals surface area contributed by atoms with E-state index in [9.17, 15) is 14.4 Å². The van der Waals surface area contributed by atoms with Gasteiger partial charge in [-0.05, 0) is 76.5 Å². The summed E-state index contributed by atoms with van der Waals surface area (Å²) in [6.45, 7) is 9.28. The predicted octanol–water partition coefficient (Wildman–Crippen LogP) is 7.24. The molecule has 0 bridgehead atoms. The molecule has 1 spiro atoms. The molecule has 54 heavy (non-hydrogen) atoms. The molecule has 8 rings (SSSR count). The second kappa shape index (κ2) is 13.0. The average molecular weight is 733 g/mol. The minimum atomic E-state index is -1.19.